The lowest BCUT2D eigenvalue weighted by Gasteiger charge is -2.14. The van der Waals surface area contributed by atoms with Gasteiger partial charge in [-0.1, -0.05) is 6.08 Å². The first-order chi connectivity index (χ1) is 5.38. The van der Waals surface area contributed by atoms with Crippen LogP contribution in [0.4, 0.5) is 0 Å². The monoisotopic (exact) mass is 151 g/mol. The molecule has 1 rings (SSSR count). The van der Waals surface area contributed by atoms with Gasteiger partial charge in [0.1, 0.15) is 6.23 Å². The van der Waals surface area contributed by atoms with Crippen molar-refractivity contribution < 1.29 is 4.74 Å². The summed E-state index contributed by atoms with van der Waals surface area (Å²) in [5, 5.41) is 0. The van der Waals surface area contributed by atoms with E-state index in [0.29, 0.717) is 0 Å². The van der Waals surface area contributed by atoms with Crippen molar-refractivity contribution in [2.24, 2.45) is 0 Å². The molecule has 1 aromatic heterocycles. The second kappa shape index (κ2) is 3.98. The maximum absolute atomic E-state index is 5.23. The highest BCUT2D eigenvalue weighted by Gasteiger charge is 2.03. The number of hydrogen-bond donors (Lipinski definition) is 0. The quantitative estimate of drug-likeness (QED) is 0.602. The SMILES string of the molecule is C=CCC(OC)n1cccc1. The zero-order valence-electron chi connectivity index (χ0n) is 6.73. The molecule has 1 heterocycles. The molecule has 0 aromatic carbocycles. The largest absolute Gasteiger partial charge is 0.361 e. The summed E-state index contributed by atoms with van der Waals surface area (Å²) < 4.78 is 7.24. The molecule has 60 valence electrons. The third-order valence-corrected chi connectivity index (χ3v) is 1.60. The summed E-state index contributed by atoms with van der Waals surface area (Å²) >= 11 is 0. The van der Waals surface area contributed by atoms with Crippen LogP contribution in [0.3, 0.4) is 0 Å². The second-order valence-electron chi connectivity index (χ2n) is 2.34. The van der Waals surface area contributed by atoms with Crippen LogP contribution >= 0.6 is 0 Å². The number of aromatic nitrogens is 1. The fraction of sp³-hybridized carbons (Fsp3) is 0.333. The van der Waals surface area contributed by atoms with Crippen LogP contribution in [0.15, 0.2) is 37.2 Å². The van der Waals surface area contributed by atoms with Crippen LogP contribution in [0.1, 0.15) is 12.6 Å². The van der Waals surface area contributed by atoms with Gasteiger partial charge in [-0.2, -0.15) is 0 Å². The molecule has 2 nitrogen and oxygen atoms in total. The lowest BCUT2D eigenvalue weighted by atomic mass is 10.4. The molecule has 0 spiro atoms. The van der Waals surface area contributed by atoms with E-state index in [1.807, 2.05) is 35.2 Å². The van der Waals surface area contributed by atoms with Crippen LogP contribution in [-0.2, 0) is 4.74 Å². The van der Waals surface area contributed by atoms with Crippen LogP contribution in [0.5, 0.6) is 0 Å². The second-order valence-corrected chi connectivity index (χ2v) is 2.34. The average Bonchev–Trinajstić information content (AvgIpc) is 2.52. The first-order valence-corrected chi connectivity index (χ1v) is 3.64. The minimum atomic E-state index is 0.0995. The molecule has 0 radical (unpaired) electrons. The fourth-order valence-electron chi connectivity index (χ4n) is 1.02. The molecule has 11 heavy (non-hydrogen) atoms. The summed E-state index contributed by atoms with van der Waals surface area (Å²) in [7, 11) is 1.70. The minimum Gasteiger partial charge on any atom is -0.361 e. The molecule has 1 atom stereocenters. The van der Waals surface area contributed by atoms with Crippen molar-refractivity contribution in [1.29, 1.82) is 0 Å². The van der Waals surface area contributed by atoms with Gasteiger partial charge in [-0.05, 0) is 12.1 Å². The summed E-state index contributed by atoms with van der Waals surface area (Å²) in [5.41, 5.74) is 0. The Hall–Kier alpha value is -1.02. The highest BCUT2D eigenvalue weighted by molar-refractivity contribution is 4.92. The number of hydrogen-bond acceptors (Lipinski definition) is 1. The normalized spacial score (nSPS) is 12.8. The minimum absolute atomic E-state index is 0.0995. The van der Waals surface area contributed by atoms with Crippen molar-refractivity contribution in [3.05, 3.63) is 37.2 Å². The third kappa shape index (κ3) is 1.95. The first kappa shape index (κ1) is 8.08. The van der Waals surface area contributed by atoms with Crippen LogP contribution in [0.25, 0.3) is 0 Å². The Morgan fingerprint density at radius 2 is 2.18 bits per heavy atom. The molecule has 2 heteroatoms. The molecule has 0 fully saturated rings. The molecule has 0 aliphatic heterocycles. The van der Waals surface area contributed by atoms with Gasteiger partial charge in [0.2, 0.25) is 0 Å². The number of nitrogens with zero attached hydrogens (tertiary/aromatic N) is 1. The summed E-state index contributed by atoms with van der Waals surface area (Å²) in [5.74, 6) is 0. The Balaban J connectivity index is 2.62. The summed E-state index contributed by atoms with van der Waals surface area (Å²) in [6.45, 7) is 3.66. The summed E-state index contributed by atoms with van der Waals surface area (Å²) in [6.07, 6.45) is 6.76. The fourth-order valence-corrected chi connectivity index (χ4v) is 1.02. The lowest BCUT2D eigenvalue weighted by Crippen LogP contribution is -2.07. The van der Waals surface area contributed by atoms with Gasteiger partial charge in [0, 0.05) is 25.9 Å². The third-order valence-electron chi connectivity index (χ3n) is 1.60. The lowest BCUT2D eigenvalue weighted by molar-refractivity contribution is 0.0471. The standard InChI is InChI=1S/C9H13NO/c1-3-6-9(11-2)10-7-4-5-8-10/h3-5,7-9H,1,6H2,2H3. The van der Waals surface area contributed by atoms with Gasteiger partial charge < -0.3 is 9.30 Å². The van der Waals surface area contributed by atoms with Crippen molar-refractivity contribution >= 4 is 0 Å². The number of ether oxygens (including phenoxy) is 1. The van der Waals surface area contributed by atoms with Crippen molar-refractivity contribution in [2.75, 3.05) is 7.11 Å². The van der Waals surface area contributed by atoms with E-state index in [1.54, 1.807) is 7.11 Å². The van der Waals surface area contributed by atoms with E-state index in [2.05, 4.69) is 6.58 Å². The van der Waals surface area contributed by atoms with Crippen LogP contribution in [0, 0.1) is 0 Å². The van der Waals surface area contributed by atoms with Gasteiger partial charge in [0.15, 0.2) is 0 Å². The topological polar surface area (TPSA) is 14.2 Å². The molecule has 0 aliphatic carbocycles. The Kier molecular flexibility index (Phi) is 2.93. The molecule has 0 saturated heterocycles. The van der Waals surface area contributed by atoms with Gasteiger partial charge in [-0.15, -0.1) is 6.58 Å². The van der Waals surface area contributed by atoms with Crippen molar-refractivity contribution in [1.82, 2.24) is 4.57 Å². The van der Waals surface area contributed by atoms with Crippen molar-refractivity contribution in [2.45, 2.75) is 12.6 Å². The van der Waals surface area contributed by atoms with Gasteiger partial charge in [0.25, 0.3) is 0 Å². The van der Waals surface area contributed by atoms with E-state index in [0.717, 1.165) is 6.42 Å². The molecule has 0 amide bonds. The Bertz CT molecular complexity index is 203. The maximum Gasteiger partial charge on any atom is 0.136 e. The number of methoxy groups -OCH3 is 1. The molecule has 0 aliphatic rings. The molecule has 0 saturated carbocycles. The van der Waals surface area contributed by atoms with E-state index in [4.69, 9.17) is 4.74 Å². The van der Waals surface area contributed by atoms with E-state index >= 15 is 0 Å². The van der Waals surface area contributed by atoms with Crippen LogP contribution in [0.2, 0.25) is 0 Å². The zero-order valence-corrected chi connectivity index (χ0v) is 6.73. The van der Waals surface area contributed by atoms with E-state index in [1.165, 1.54) is 0 Å². The molecule has 0 bridgehead atoms. The van der Waals surface area contributed by atoms with E-state index < -0.39 is 0 Å². The average molecular weight is 151 g/mol. The molecule has 1 unspecified atom stereocenters. The van der Waals surface area contributed by atoms with Gasteiger partial charge in [-0.25, -0.2) is 0 Å². The first-order valence-electron chi connectivity index (χ1n) is 3.64. The smallest absolute Gasteiger partial charge is 0.136 e. The van der Waals surface area contributed by atoms with Gasteiger partial charge in [0.05, 0.1) is 0 Å². The van der Waals surface area contributed by atoms with Crippen molar-refractivity contribution in [3.63, 3.8) is 0 Å². The molecular weight excluding hydrogens is 138 g/mol. The van der Waals surface area contributed by atoms with E-state index in [9.17, 15) is 0 Å². The van der Waals surface area contributed by atoms with Crippen molar-refractivity contribution in [3.8, 4) is 0 Å². The maximum atomic E-state index is 5.23. The summed E-state index contributed by atoms with van der Waals surface area (Å²) in [4.78, 5) is 0. The van der Waals surface area contributed by atoms with Gasteiger partial charge in [-0.3, -0.25) is 0 Å². The Morgan fingerprint density at radius 3 is 2.64 bits per heavy atom. The Morgan fingerprint density at radius 1 is 1.55 bits per heavy atom. The highest BCUT2D eigenvalue weighted by Crippen LogP contribution is 2.11. The summed E-state index contributed by atoms with van der Waals surface area (Å²) in [6, 6.07) is 3.96. The molecule has 1 aromatic rings. The Labute approximate surface area is 67.1 Å². The van der Waals surface area contributed by atoms with Crippen LogP contribution in [-0.4, -0.2) is 11.7 Å². The highest BCUT2D eigenvalue weighted by atomic mass is 16.5. The molecule has 0 N–H and O–H groups in total. The predicted octanol–water partition coefficient (Wildman–Crippen LogP) is 2.21. The predicted molar refractivity (Wildman–Crippen MR) is 45.3 cm³/mol. The zero-order chi connectivity index (χ0) is 8.10. The number of rotatable bonds is 4. The van der Waals surface area contributed by atoms with E-state index in [-0.39, 0.29) is 6.23 Å². The van der Waals surface area contributed by atoms with Crippen LogP contribution < -0.4 is 0 Å². The molecular formula is C9H13NO. The van der Waals surface area contributed by atoms with Gasteiger partial charge >= 0.3 is 0 Å².